The molecule has 2 aliphatic rings. The van der Waals surface area contributed by atoms with E-state index in [0.29, 0.717) is 48.3 Å². The van der Waals surface area contributed by atoms with Gasteiger partial charge >= 0.3 is 0 Å². The van der Waals surface area contributed by atoms with Crippen LogP contribution in [0.3, 0.4) is 0 Å². The van der Waals surface area contributed by atoms with E-state index in [9.17, 15) is 4.79 Å². The number of carbonyl (C=O) groups excluding carboxylic acids is 1. The molecular weight excluding hydrogens is 440 g/mol. The first kappa shape index (κ1) is 22.5. The highest BCUT2D eigenvalue weighted by Crippen LogP contribution is 2.39. The molecule has 0 atom stereocenters. The molecule has 0 radical (unpaired) electrons. The second-order valence-electron chi connectivity index (χ2n) is 8.56. The van der Waals surface area contributed by atoms with E-state index in [0.717, 1.165) is 23.2 Å². The average molecular weight is 467 g/mol. The molecule has 2 aromatic heterocycles. The first-order valence-corrected chi connectivity index (χ1v) is 11.6. The number of benzene rings is 1. The zero-order valence-corrected chi connectivity index (χ0v) is 19.2. The van der Waals surface area contributed by atoms with E-state index in [4.69, 9.17) is 15.6 Å². The lowest BCUT2D eigenvalue weighted by Gasteiger charge is -2.18. The van der Waals surface area contributed by atoms with Crippen molar-refractivity contribution in [2.75, 3.05) is 18.5 Å². The summed E-state index contributed by atoms with van der Waals surface area (Å²) in [5.41, 5.74) is 3.68. The van der Waals surface area contributed by atoms with Crippen LogP contribution in [-0.2, 0) is 0 Å². The van der Waals surface area contributed by atoms with Crippen LogP contribution in [-0.4, -0.2) is 46.1 Å². The minimum absolute atomic E-state index is 0.0976. The van der Waals surface area contributed by atoms with Gasteiger partial charge in [-0.1, -0.05) is 30.4 Å². The summed E-state index contributed by atoms with van der Waals surface area (Å²) in [6.07, 6.45) is 9.81. The Labute approximate surface area is 203 Å². The van der Waals surface area contributed by atoms with Gasteiger partial charge in [0.1, 0.15) is 23.9 Å². The number of anilines is 1. The van der Waals surface area contributed by atoms with Crippen molar-refractivity contribution in [2.24, 2.45) is 0 Å². The lowest BCUT2D eigenvalue weighted by atomic mass is 10.0. The van der Waals surface area contributed by atoms with Gasteiger partial charge in [-0.3, -0.25) is 20.6 Å². The van der Waals surface area contributed by atoms with E-state index in [1.807, 2.05) is 36.5 Å². The molecule has 8 heteroatoms. The first-order valence-electron chi connectivity index (χ1n) is 11.6. The maximum Gasteiger partial charge on any atom is 0.260 e. The summed E-state index contributed by atoms with van der Waals surface area (Å²) in [6, 6.07) is 14.7. The number of ether oxygens (including phenoxy) is 1. The van der Waals surface area contributed by atoms with Gasteiger partial charge in [-0.2, -0.15) is 0 Å². The third-order valence-electron chi connectivity index (χ3n) is 6.05. The topological polar surface area (TPSA) is 115 Å². The number of pyridine rings is 2. The second-order valence-corrected chi connectivity index (χ2v) is 8.56. The molecule has 35 heavy (non-hydrogen) atoms. The Morgan fingerprint density at radius 1 is 1.09 bits per heavy atom. The monoisotopic (exact) mass is 466 g/mol. The lowest BCUT2D eigenvalue weighted by Crippen LogP contribution is -2.31. The van der Waals surface area contributed by atoms with Gasteiger partial charge in [0.15, 0.2) is 5.84 Å². The molecule has 5 rings (SSSR count). The number of nitrogens with zero attached hydrogens (tertiary/aromatic N) is 3. The van der Waals surface area contributed by atoms with Gasteiger partial charge in [-0.15, -0.1) is 0 Å². The van der Waals surface area contributed by atoms with Gasteiger partial charge in [0, 0.05) is 29.9 Å². The van der Waals surface area contributed by atoms with Crippen molar-refractivity contribution in [3.63, 3.8) is 0 Å². The van der Waals surface area contributed by atoms with Crippen LogP contribution >= 0.6 is 0 Å². The van der Waals surface area contributed by atoms with Crippen molar-refractivity contribution < 1.29 is 9.53 Å². The van der Waals surface area contributed by atoms with Crippen LogP contribution in [0.1, 0.15) is 46.9 Å². The molecule has 0 spiro atoms. The maximum absolute atomic E-state index is 13.3. The lowest BCUT2D eigenvalue weighted by molar-refractivity contribution is 0.102. The van der Waals surface area contributed by atoms with Crippen LogP contribution in [0.5, 0.6) is 5.75 Å². The number of aromatic nitrogens is 2. The Morgan fingerprint density at radius 2 is 1.94 bits per heavy atom. The number of hydrogen-bond donors (Lipinski definition) is 3. The summed E-state index contributed by atoms with van der Waals surface area (Å²) >= 11 is 0. The summed E-state index contributed by atoms with van der Waals surface area (Å²) < 4.78 is 5.93. The van der Waals surface area contributed by atoms with Crippen molar-refractivity contribution in [1.29, 1.82) is 10.8 Å². The molecule has 1 fully saturated rings. The van der Waals surface area contributed by atoms with Crippen molar-refractivity contribution in [1.82, 2.24) is 14.9 Å². The summed E-state index contributed by atoms with van der Waals surface area (Å²) in [7, 11) is 0. The smallest absolute Gasteiger partial charge is 0.260 e. The molecule has 2 bridgehead atoms. The standard InChI is InChI=1S/C27H26N6O2/c28-17-33-13-2-1-3-14-35-24-12-10-19(20-9-11-22(30-16-20)18-7-8-18)15-21(24)27(34)32-25-6-4-5-23(31-25)26(33)29/h1,3-6,9-12,15-18,28-29H,2,7-8,13-14H2,(H,31,32,34)/b3-1+,28-17?,29-26?. The predicted molar refractivity (Wildman–Crippen MR) is 135 cm³/mol. The van der Waals surface area contributed by atoms with Gasteiger partial charge in [-0.25, -0.2) is 4.98 Å². The average Bonchev–Trinajstić information content (AvgIpc) is 3.73. The summed E-state index contributed by atoms with van der Waals surface area (Å²) in [6.45, 7) is 0.760. The third-order valence-corrected chi connectivity index (χ3v) is 6.05. The number of hydrogen-bond acceptors (Lipinski definition) is 6. The molecular formula is C27H26N6O2. The summed E-state index contributed by atoms with van der Waals surface area (Å²) in [4.78, 5) is 23.9. The van der Waals surface area contributed by atoms with Crippen molar-refractivity contribution >= 4 is 23.9 Å². The zero-order chi connectivity index (χ0) is 24.2. The molecule has 1 saturated carbocycles. The van der Waals surface area contributed by atoms with E-state index in [1.54, 1.807) is 24.3 Å². The van der Waals surface area contributed by atoms with Crippen molar-refractivity contribution in [3.05, 3.63) is 83.8 Å². The van der Waals surface area contributed by atoms with E-state index in [1.165, 1.54) is 17.7 Å². The number of rotatable bonds is 3. The largest absolute Gasteiger partial charge is 0.489 e. The van der Waals surface area contributed by atoms with Gasteiger partial charge in [0.2, 0.25) is 0 Å². The Balaban J connectivity index is 1.48. The Bertz CT molecular complexity index is 1300. The SMILES string of the molecule is N=CN1CC/C=C/COc2ccc(-c3ccc(C4CC4)nc3)cc2C(=O)Nc2cccc(n2)C1=N. The van der Waals surface area contributed by atoms with E-state index < -0.39 is 0 Å². The molecule has 0 unspecified atom stereocenters. The molecule has 176 valence electrons. The summed E-state index contributed by atoms with van der Waals surface area (Å²) in [5, 5.41) is 18.9. The minimum Gasteiger partial charge on any atom is -0.489 e. The molecule has 1 aliphatic carbocycles. The fourth-order valence-electron chi connectivity index (χ4n) is 3.95. The van der Waals surface area contributed by atoms with Crippen LogP contribution in [0, 0.1) is 10.8 Å². The number of nitrogens with one attached hydrogen (secondary N) is 3. The highest BCUT2D eigenvalue weighted by molar-refractivity contribution is 6.07. The van der Waals surface area contributed by atoms with Crippen LogP contribution in [0.2, 0.25) is 0 Å². The van der Waals surface area contributed by atoms with Gasteiger partial charge in [-0.05, 0) is 55.2 Å². The van der Waals surface area contributed by atoms with Crippen LogP contribution in [0.15, 0.2) is 66.9 Å². The molecule has 1 aliphatic heterocycles. The van der Waals surface area contributed by atoms with E-state index in [-0.39, 0.29) is 11.7 Å². The maximum atomic E-state index is 13.3. The first-order chi connectivity index (χ1) is 17.1. The predicted octanol–water partition coefficient (Wildman–Crippen LogP) is 4.85. The number of carbonyl (C=O) groups is 1. The Morgan fingerprint density at radius 3 is 2.71 bits per heavy atom. The number of fused-ring (bicyclic) bond motifs is 3. The molecule has 1 amide bonds. The molecule has 3 N–H and O–H groups in total. The van der Waals surface area contributed by atoms with Gasteiger partial charge in [0.05, 0.1) is 11.9 Å². The molecule has 1 aromatic carbocycles. The zero-order valence-electron chi connectivity index (χ0n) is 19.2. The van der Waals surface area contributed by atoms with E-state index >= 15 is 0 Å². The van der Waals surface area contributed by atoms with Gasteiger partial charge < -0.3 is 15.0 Å². The normalized spacial score (nSPS) is 17.3. The highest BCUT2D eigenvalue weighted by Gasteiger charge is 2.24. The molecule has 8 nitrogen and oxygen atoms in total. The van der Waals surface area contributed by atoms with Gasteiger partial charge in [0.25, 0.3) is 5.91 Å². The Hall–Kier alpha value is -4.33. The second kappa shape index (κ2) is 9.89. The van der Waals surface area contributed by atoms with Crippen LogP contribution < -0.4 is 10.1 Å². The van der Waals surface area contributed by atoms with Crippen molar-refractivity contribution in [3.8, 4) is 16.9 Å². The quantitative estimate of drug-likeness (QED) is 0.290. The molecule has 3 aromatic rings. The third kappa shape index (κ3) is 5.11. The number of amides is 1. The highest BCUT2D eigenvalue weighted by atomic mass is 16.5. The molecule has 3 heterocycles. The van der Waals surface area contributed by atoms with E-state index in [2.05, 4.69) is 21.4 Å². The Kier molecular flexibility index (Phi) is 6.34. The van der Waals surface area contributed by atoms with Crippen molar-refractivity contribution in [2.45, 2.75) is 25.2 Å². The van der Waals surface area contributed by atoms with Crippen LogP contribution in [0.25, 0.3) is 11.1 Å². The number of amidine groups is 1. The molecule has 0 saturated heterocycles. The van der Waals surface area contributed by atoms with Crippen LogP contribution in [0.4, 0.5) is 5.82 Å². The minimum atomic E-state index is -0.358. The summed E-state index contributed by atoms with van der Waals surface area (Å²) in [5.74, 6) is 1.12. The fourth-order valence-corrected chi connectivity index (χ4v) is 3.95. The fraction of sp³-hybridized carbons (Fsp3) is 0.222.